The molecule has 10 nitrogen and oxygen atoms in total. The van der Waals surface area contributed by atoms with Gasteiger partial charge in [0.05, 0.1) is 37.6 Å². The van der Waals surface area contributed by atoms with Crippen LogP contribution < -0.4 is 14.2 Å². The summed E-state index contributed by atoms with van der Waals surface area (Å²) in [4.78, 5) is 35.0. The number of fused-ring (bicyclic) bond motifs is 1. The van der Waals surface area contributed by atoms with Gasteiger partial charge < -0.3 is 33.9 Å². The lowest BCUT2D eigenvalue weighted by molar-refractivity contribution is -0.139. The number of aromatic hydroxyl groups is 1. The fourth-order valence-corrected chi connectivity index (χ4v) is 4.26. The Hall–Kier alpha value is -4.15. The van der Waals surface area contributed by atoms with Gasteiger partial charge in [0.15, 0.2) is 18.2 Å². The maximum Gasteiger partial charge on any atom is 0.341 e. The molecule has 0 fully saturated rings. The van der Waals surface area contributed by atoms with Crippen LogP contribution in [0.4, 0.5) is 0 Å². The normalized spacial score (nSPS) is 10.9. The Balaban J connectivity index is 1.44. The molecule has 0 unspecified atom stereocenters. The van der Waals surface area contributed by atoms with Gasteiger partial charge in [-0.1, -0.05) is 37.6 Å². The number of hydrogen-bond acceptors (Lipinski definition) is 9. The van der Waals surface area contributed by atoms with Gasteiger partial charge in [0.1, 0.15) is 36.2 Å². The minimum atomic E-state index is -1.12. The van der Waals surface area contributed by atoms with Crippen LogP contribution in [0.3, 0.4) is 0 Å². The summed E-state index contributed by atoms with van der Waals surface area (Å²) in [5.74, 6) is -0.372. The topological polar surface area (TPSA) is 138 Å². The summed E-state index contributed by atoms with van der Waals surface area (Å²) in [6.07, 6.45) is 1.38. The average molecular weight is 569 g/mol. The summed E-state index contributed by atoms with van der Waals surface area (Å²) in [6, 6.07) is 11.9. The van der Waals surface area contributed by atoms with Crippen molar-refractivity contribution in [3.05, 3.63) is 59.2 Å². The van der Waals surface area contributed by atoms with Crippen LogP contribution >= 0.6 is 0 Å². The van der Waals surface area contributed by atoms with Crippen molar-refractivity contribution in [1.29, 1.82) is 0 Å². The predicted octanol–water partition coefficient (Wildman–Crippen LogP) is 4.86. The molecular formula is C31H36O10. The SMILES string of the molecule is CCCc1c(OCCOCCOCCOc2c(C(C)=O)cc(OCC(=O)O)c3ccccc23)ccc(C(C)=O)c1O. The van der Waals surface area contributed by atoms with Gasteiger partial charge in [-0.05, 0) is 38.5 Å². The van der Waals surface area contributed by atoms with Gasteiger partial charge in [-0.15, -0.1) is 0 Å². The first-order valence-electron chi connectivity index (χ1n) is 13.4. The number of hydrogen-bond donors (Lipinski definition) is 2. The number of carbonyl (C=O) groups excluding carboxylic acids is 2. The van der Waals surface area contributed by atoms with E-state index in [4.69, 9.17) is 28.8 Å². The lowest BCUT2D eigenvalue weighted by Crippen LogP contribution is -2.15. The summed E-state index contributed by atoms with van der Waals surface area (Å²) in [6.45, 7) is 5.95. The zero-order valence-corrected chi connectivity index (χ0v) is 23.6. The highest BCUT2D eigenvalue weighted by Gasteiger charge is 2.18. The van der Waals surface area contributed by atoms with Gasteiger partial charge in [0.25, 0.3) is 0 Å². The molecule has 0 saturated carbocycles. The van der Waals surface area contributed by atoms with E-state index in [2.05, 4.69) is 0 Å². The second-order valence-electron chi connectivity index (χ2n) is 9.20. The number of Topliss-reactive ketones (excluding diaryl/α,β-unsaturated/α-hetero) is 2. The number of ether oxygens (including phenoxy) is 5. The van der Waals surface area contributed by atoms with Crippen LogP contribution in [-0.2, 0) is 20.7 Å². The number of carboxylic acid groups (broad SMARTS) is 1. The van der Waals surface area contributed by atoms with Crippen LogP contribution in [0.15, 0.2) is 42.5 Å². The lowest BCUT2D eigenvalue weighted by atomic mass is 10.0. The van der Waals surface area contributed by atoms with Crippen molar-refractivity contribution in [3.8, 4) is 23.0 Å². The van der Waals surface area contributed by atoms with E-state index in [1.165, 1.54) is 19.9 Å². The quantitative estimate of drug-likeness (QED) is 0.162. The first kappa shape index (κ1) is 31.4. The van der Waals surface area contributed by atoms with Crippen molar-refractivity contribution >= 4 is 28.3 Å². The van der Waals surface area contributed by atoms with Crippen molar-refractivity contribution in [2.45, 2.75) is 33.6 Å². The van der Waals surface area contributed by atoms with Gasteiger partial charge in [-0.25, -0.2) is 4.79 Å². The van der Waals surface area contributed by atoms with Gasteiger partial charge >= 0.3 is 5.97 Å². The van der Waals surface area contributed by atoms with E-state index < -0.39 is 12.6 Å². The lowest BCUT2D eigenvalue weighted by Gasteiger charge is -2.16. The summed E-state index contributed by atoms with van der Waals surface area (Å²) < 4.78 is 28.3. The molecule has 0 heterocycles. The molecule has 0 bridgehead atoms. The van der Waals surface area contributed by atoms with Crippen LogP contribution in [-0.4, -0.2) is 74.0 Å². The number of aliphatic carboxylic acids is 1. The van der Waals surface area contributed by atoms with E-state index in [0.29, 0.717) is 65.4 Å². The molecule has 41 heavy (non-hydrogen) atoms. The van der Waals surface area contributed by atoms with Crippen LogP contribution in [0.25, 0.3) is 10.8 Å². The Bertz CT molecular complexity index is 1360. The Morgan fingerprint density at radius 1 is 0.732 bits per heavy atom. The van der Waals surface area contributed by atoms with E-state index in [9.17, 15) is 19.5 Å². The van der Waals surface area contributed by atoms with Gasteiger partial charge in [0.2, 0.25) is 0 Å². The maximum atomic E-state index is 12.3. The van der Waals surface area contributed by atoms with Crippen molar-refractivity contribution < 1.29 is 48.3 Å². The smallest absolute Gasteiger partial charge is 0.341 e. The third kappa shape index (κ3) is 8.67. The molecule has 3 rings (SSSR count). The maximum absolute atomic E-state index is 12.3. The van der Waals surface area contributed by atoms with Gasteiger partial charge in [0, 0.05) is 16.3 Å². The Morgan fingerprint density at radius 3 is 1.95 bits per heavy atom. The molecule has 0 aliphatic carbocycles. The number of carboxylic acids is 1. The summed E-state index contributed by atoms with van der Waals surface area (Å²) >= 11 is 0. The highest BCUT2D eigenvalue weighted by atomic mass is 16.6. The molecule has 0 aromatic heterocycles. The molecule has 0 atom stereocenters. The van der Waals surface area contributed by atoms with Crippen molar-refractivity contribution in [3.63, 3.8) is 0 Å². The third-order valence-corrected chi connectivity index (χ3v) is 6.14. The van der Waals surface area contributed by atoms with E-state index in [1.807, 2.05) is 6.92 Å². The molecule has 2 N–H and O–H groups in total. The van der Waals surface area contributed by atoms with Crippen LogP contribution in [0.5, 0.6) is 23.0 Å². The molecule has 0 spiro atoms. The number of phenols is 1. The van der Waals surface area contributed by atoms with Crippen LogP contribution in [0.1, 0.15) is 53.5 Å². The first-order valence-corrected chi connectivity index (χ1v) is 13.4. The molecule has 0 amide bonds. The first-order chi connectivity index (χ1) is 19.7. The number of rotatable bonds is 18. The number of carbonyl (C=O) groups is 3. The summed E-state index contributed by atoms with van der Waals surface area (Å²) in [7, 11) is 0. The molecule has 0 saturated heterocycles. The van der Waals surface area contributed by atoms with Gasteiger partial charge in [-0.3, -0.25) is 9.59 Å². The minimum absolute atomic E-state index is 0.0285. The Morgan fingerprint density at radius 2 is 1.34 bits per heavy atom. The Labute approximate surface area is 238 Å². The monoisotopic (exact) mass is 568 g/mol. The largest absolute Gasteiger partial charge is 0.507 e. The molecule has 0 aliphatic rings. The highest BCUT2D eigenvalue weighted by Crippen LogP contribution is 2.37. The van der Waals surface area contributed by atoms with E-state index in [1.54, 1.807) is 36.4 Å². The molecule has 3 aromatic rings. The van der Waals surface area contributed by atoms with Crippen molar-refractivity contribution in [2.75, 3.05) is 46.2 Å². The summed E-state index contributed by atoms with van der Waals surface area (Å²) in [5.41, 5.74) is 1.19. The standard InChI is InChI=1S/C31H36O10/c1-4-7-25-27(11-10-22(20(2)32)30(25)36)39-16-14-37-12-13-38-15-17-40-31-24-9-6-5-8-23(24)28(41-19-29(34)35)18-26(31)21(3)33/h5-6,8-11,18,36H,4,7,12-17,19H2,1-3H3,(H,34,35). The number of phenolic OH excluding ortho intramolecular Hbond substituents is 1. The average Bonchev–Trinajstić information content (AvgIpc) is 2.94. The van der Waals surface area contributed by atoms with Crippen molar-refractivity contribution in [1.82, 2.24) is 0 Å². The zero-order chi connectivity index (χ0) is 29.8. The van der Waals surface area contributed by atoms with E-state index in [0.717, 1.165) is 6.42 Å². The van der Waals surface area contributed by atoms with E-state index >= 15 is 0 Å². The molecule has 0 aliphatic heterocycles. The third-order valence-electron chi connectivity index (χ3n) is 6.14. The predicted molar refractivity (Wildman–Crippen MR) is 152 cm³/mol. The van der Waals surface area contributed by atoms with Crippen LogP contribution in [0.2, 0.25) is 0 Å². The Kier molecular flexibility index (Phi) is 11.9. The second-order valence-corrected chi connectivity index (χ2v) is 9.20. The number of benzene rings is 3. The van der Waals surface area contributed by atoms with Crippen LogP contribution in [0, 0.1) is 0 Å². The highest BCUT2D eigenvalue weighted by molar-refractivity contribution is 6.06. The molecule has 0 radical (unpaired) electrons. The fraction of sp³-hybridized carbons (Fsp3) is 0.387. The molecular weight excluding hydrogens is 532 g/mol. The van der Waals surface area contributed by atoms with E-state index in [-0.39, 0.29) is 42.7 Å². The number of ketones is 2. The van der Waals surface area contributed by atoms with Gasteiger partial charge in [-0.2, -0.15) is 0 Å². The summed E-state index contributed by atoms with van der Waals surface area (Å²) in [5, 5.41) is 20.7. The molecule has 10 heteroatoms. The molecule has 3 aromatic carbocycles. The second kappa shape index (κ2) is 15.6. The zero-order valence-electron chi connectivity index (χ0n) is 23.6. The van der Waals surface area contributed by atoms with Crippen molar-refractivity contribution in [2.24, 2.45) is 0 Å². The molecule has 220 valence electrons. The minimum Gasteiger partial charge on any atom is -0.507 e. The fourth-order valence-electron chi connectivity index (χ4n) is 4.26.